The Morgan fingerprint density at radius 3 is 1.53 bits per heavy atom. The molecule has 4 N–H and O–H groups in total. The van der Waals surface area contributed by atoms with Crippen LogP contribution in [0.1, 0.15) is 79.0 Å². The third-order valence-corrected chi connectivity index (χ3v) is 5.16. The van der Waals surface area contributed by atoms with Gasteiger partial charge in [-0.15, -0.1) is 0 Å². The number of aliphatic imine (C=N–C) groups is 2. The van der Waals surface area contributed by atoms with Gasteiger partial charge in [0.1, 0.15) is 0 Å². The van der Waals surface area contributed by atoms with Crippen LogP contribution in [0.3, 0.4) is 0 Å². The van der Waals surface area contributed by atoms with Crippen LogP contribution < -0.4 is 11.5 Å². The Labute approximate surface area is 182 Å². The van der Waals surface area contributed by atoms with Crippen LogP contribution in [0, 0.1) is 0 Å². The lowest BCUT2D eigenvalue weighted by molar-refractivity contribution is 0.569. The Kier molecular flexibility index (Phi) is 6.51. The Bertz CT molecular complexity index is 944. The van der Waals surface area contributed by atoms with E-state index in [0.717, 1.165) is 16.9 Å². The smallest absolute Gasteiger partial charge is 0.166 e. The number of hydrogen-bond acceptors (Lipinski definition) is 2. The lowest BCUT2D eigenvalue weighted by atomic mass is 9.80. The summed E-state index contributed by atoms with van der Waals surface area (Å²) < 4.78 is 0. The van der Waals surface area contributed by atoms with Gasteiger partial charge in [0.05, 0.1) is 11.4 Å². The Hall–Kier alpha value is -2.62. The van der Waals surface area contributed by atoms with Gasteiger partial charge in [0.15, 0.2) is 11.7 Å². The third-order valence-electron chi connectivity index (χ3n) is 5.16. The van der Waals surface area contributed by atoms with E-state index in [4.69, 9.17) is 11.5 Å². The maximum atomic E-state index is 6.23. The molecule has 0 saturated carbocycles. The Morgan fingerprint density at radius 1 is 0.600 bits per heavy atom. The molecule has 4 nitrogen and oxygen atoms in total. The quantitative estimate of drug-likeness (QED) is 0.456. The van der Waals surface area contributed by atoms with Gasteiger partial charge in [-0.2, -0.15) is 0 Å². The zero-order valence-corrected chi connectivity index (χ0v) is 20.1. The first-order valence-corrected chi connectivity index (χ1v) is 10.5. The van der Waals surface area contributed by atoms with E-state index in [1.807, 2.05) is 18.2 Å². The second-order valence-corrected chi connectivity index (χ2v) is 11.0. The molecule has 0 atom stereocenters. The van der Waals surface area contributed by atoms with Crippen LogP contribution >= 0.6 is 0 Å². The van der Waals surface area contributed by atoms with Crippen molar-refractivity contribution in [3.05, 3.63) is 59.2 Å². The van der Waals surface area contributed by atoms with E-state index in [2.05, 4.69) is 96.6 Å². The summed E-state index contributed by atoms with van der Waals surface area (Å²) in [6.45, 7) is 19.7. The average Bonchev–Trinajstić information content (AvgIpc) is 2.59. The number of hydrogen-bond donors (Lipinski definition) is 2. The van der Waals surface area contributed by atoms with E-state index >= 15 is 0 Å². The average molecular weight is 407 g/mol. The van der Waals surface area contributed by atoms with Crippen LogP contribution in [0.5, 0.6) is 0 Å². The summed E-state index contributed by atoms with van der Waals surface area (Å²) in [5.74, 6) is 0.446. The molecule has 0 heterocycles. The van der Waals surface area contributed by atoms with E-state index in [9.17, 15) is 0 Å². The zero-order chi connectivity index (χ0) is 22.9. The molecular formula is C26H38N4. The predicted molar refractivity (Wildman–Crippen MR) is 132 cm³/mol. The predicted octanol–water partition coefficient (Wildman–Crippen LogP) is 6.26. The molecule has 0 aliphatic heterocycles. The first-order valence-electron chi connectivity index (χ1n) is 10.5. The Morgan fingerprint density at radius 2 is 1.07 bits per heavy atom. The second kappa shape index (κ2) is 8.25. The molecule has 0 bridgehead atoms. The molecule has 0 aliphatic rings. The molecule has 0 spiro atoms. The highest BCUT2D eigenvalue weighted by atomic mass is 15.0. The van der Waals surface area contributed by atoms with Crippen molar-refractivity contribution in [3.8, 4) is 0 Å². The minimum Gasteiger partial charge on any atom is -0.381 e. The Balaban J connectivity index is 2.41. The van der Waals surface area contributed by atoms with Gasteiger partial charge in [0.25, 0.3) is 0 Å². The van der Waals surface area contributed by atoms with Gasteiger partial charge in [0.2, 0.25) is 0 Å². The molecule has 0 amide bonds. The van der Waals surface area contributed by atoms with Gasteiger partial charge in [0, 0.05) is 0 Å². The molecule has 0 unspecified atom stereocenters. The molecule has 0 fully saturated rings. The van der Waals surface area contributed by atoms with Crippen LogP contribution in [-0.4, -0.2) is 11.7 Å². The van der Waals surface area contributed by atoms with Crippen LogP contribution in [0.2, 0.25) is 0 Å². The molecule has 0 radical (unpaired) electrons. The van der Waals surface area contributed by atoms with Crippen molar-refractivity contribution in [1.29, 1.82) is 0 Å². The second-order valence-electron chi connectivity index (χ2n) is 11.0. The highest BCUT2D eigenvalue weighted by Crippen LogP contribution is 2.35. The van der Waals surface area contributed by atoms with E-state index in [-0.39, 0.29) is 27.9 Å². The van der Waals surface area contributed by atoms with Crippen molar-refractivity contribution in [3.63, 3.8) is 0 Å². The topological polar surface area (TPSA) is 76.8 Å². The molecule has 30 heavy (non-hydrogen) atoms. The molecule has 0 aromatic heterocycles. The summed E-state index contributed by atoms with van der Waals surface area (Å²) in [5, 5.41) is 0. The highest BCUT2D eigenvalue weighted by Gasteiger charge is 2.22. The number of benzene rings is 2. The molecule has 2 aromatic rings. The number of rotatable bonds is 2. The molecule has 2 aromatic carbocycles. The van der Waals surface area contributed by atoms with Gasteiger partial charge < -0.3 is 11.5 Å². The van der Waals surface area contributed by atoms with E-state index in [0.29, 0.717) is 0 Å². The minimum absolute atomic E-state index is 0.0630. The summed E-state index contributed by atoms with van der Waals surface area (Å²) in [6.07, 6.45) is 0. The fraction of sp³-hybridized carbons (Fsp3) is 0.462. The largest absolute Gasteiger partial charge is 0.381 e. The molecule has 4 heteroatoms. The zero-order valence-electron chi connectivity index (χ0n) is 20.1. The first kappa shape index (κ1) is 23.7. The molecule has 2 rings (SSSR count). The maximum absolute atomic E-state index is 6.23. The molecular weight excluding hydrogens is 368 g/mol. The van der Waals surface area contributed by atoms with Crippen molar-refractivity contribution in [2.24, 2.45) is 21.5 Å². The van der Waals surface area contributed by atoms with Crippen molar-refractivity contribution < 1.29 is 0 Å². The van der Waals surface area contributed by atoms with E-state index in [1.54, 1.807) is 0 Å². The summed E-state index contributed by atoms with van der Waals surface area (Å²) in [6, 6.07) is 14.4. The van der Waals surface area contributed by atoms with Crippen molar-refractivity contribution in [1.82, 2.24) is 0 Å². The van der Waals surface area contributed by atoms with Gasteiger partial charge in [-0.05, 0) is 51.1 Å². The van der Waals surface area contributed by atoms with Crippen LogP contribution in [0.25, 0.3) is 0 Å². The van der Waals surface area contributed by atoms with E-state index < -0.39 is 0 Å². The lowest BCUT2D eigenvalue weighted by Crippen LogP contribution is -2.31. The fourth-order valence-corrected chi connectivity index (χ4v) is 3.12. The summed E-state index contributed by atoms with van der Waals surface area (Å²) in [5.41, 5.74) is 17.7. The highest BCUT2D eigenvalue weighted by molar-refractivity contribution is 6.40. The van der Waals surface area contributed by atoms with Crippen LogP contribution in [0.4, 0.5) is 11.4 Å². The minimum atomic E-state index is -0.0743. The van der Waals surface area contributed by atoms with Crippen molar-refractivity contribution in [2.45, 2.75) is 78.6 Å². The van der Waals surface area contributed by atoms with Gasteiger partial charge in [-0.1, -0.05) is 86.6 Å². The van der Waals surface area contributed by atoms with Crippen LogP contribution in [0.15, 0.2) is 52.4 Å². The number of nitrogens with zero attached hydrogens (tertiary/aromatic N) is 2. The lowest BCUT2D eigenvalue weighted by Gasteiger charge is -2.26. The van der Waals surface area contributed by atoms with Gasteiger partial charge in [-0.25, -0.2) is 9.98 Å². The van der Waals surface area contributed by atoms with Gasteiger partial charge in [-0.3, -0.25) is 0 Å². The molecule has 0 aliphatic carbocycles. The monoisotopic (exact) mass is 406 g/mol. The first-order chi connectivity index (χ1) is 13.6. The maximum Gasteiger partial charge on any atom is 0.166 e. The summed E-state index contributed by atoms with van der Waals surface area (Å²) in [7, 11) is 0. The fourth-order valence-electron chi connectivity index (χ4n) is 3.12. The van der Waals surface area contributed by atoms with E-state index in [1.165, 1.54) is 11.1 Å². The van der Waals surface area contributed by atoms with Gasteiger partial charge >= 0.3 is 0 Å². The third kappa shape index (κ3) is 5.94. The standard InChI is InChI=1S/C26H38N4/c1-24(2,3)17-10-13-19(14-11-17)29-22(27)23(28)30-21-15-12-18(25(4,5)6)16-20(21)26(7,8)9/h10-16H,1-9H3,(H2,27,29)(H2,28,30). The number of nitrogens with two attached hydrogens (primary N) is 2. The summed E-state index contributed by atoms with van der Waals surface area (Å²) in [4.78, 5) is 9.11. The van der Waals surface area contributed by atoms with Crippen LogP contribution in [-0.2, 0) is 16.2 Å². The SMILES string of the molecule is CC(C)(C)c1ccc(N=C(N)C(N)=Nc2ccc(C(C)(C)C)cc2C(C)(C)C)cc1. The van der Waals surface area contributed by atoms with Crippen molar-refractivity contribution in [2.75, 3.05) is 0 Å². The number of amidine groups is 2. The normalized spacial score (nSPS) is 14.2. The van der Waals surface area contributed by atoms with Crippen molar-refractivity contribution >= 4 is 23.0 Å². The summed E-state index contributed by atoms with van der Waals surface area (Å²) >= 11 is 0. The molecule has 162 valence electrons. The molecule has 0 saturated heterocycles.